The lowest BCUT2D eigenvalue weighted by Gasteiger charge is -2.13. The van der Waals surface area contributed by atoms with E-state index in [1.807, 2.05) is 6.07 Å². The number of alkyl halides is 1. The molecular formula is C11H13BrO3. The number of carbonyl (C=O) groups excluding carboxylic acids is 1. The van der Waals surface area contributed by atoms with Gasteiger partial charge in [-0.05, 0) is 18.2 Å². The molecule has 0 aliphatic heterocycles. The summed E-state index contributed by atoms with van der Waals surface area (Å²) in [6.45, 7) is 0. The van der Waals surface area contributed by atoms with Crippen molar-refractivity contribution in [2.75, 3.05) is 19.5 Å². The van der Waals surface area contributed by atoms with Crippen LogP contribution < -0.4 is 9.47 Å². The van der Waals surface area contributed by atoms with E-state index < -0.39 is 0 Å². The molecule has 0 fully saturated rings. The van der Waals surface area contributed by atoms with Crippen LogP contribution in [0.3, 0.4) is 0 Å². The number of hydrogen-bond acceptors (Lipinski definition) is 3. The number of hydrogen-bond donors (Lipinski definition) is 0. The zero-order valence-corrected chi connectivity index (χ0v) is 10.3. The fourth-order valence-electron chi connectivity index (χ4n) is 1.32. The number of carbonyl (C=O) groups is 1. The number of rotatable bonds is 5. The molecule has 1 atom stereocenters. The van der Waals surface area contributed by atoms with Gasteiger partial charge in [-0.25, -0.2) is 0 Å². The maximum absolute atomic E-state index is 10.9. The Bertz CT molecular complexity index is 339. The fourth-order valence-corrected chi connectivity index (χ4v) is 1.82. The van der Waals surface area contributed by atoms with Crippen molar-refractivity contribution in [3.8, 4) is 11.5 Å². The molecule has 0 N–H and O–H groups in total. The molecule has 15 heavy (non-hydrogen) atoms. The zero-order chi connectivity index (χ0) is 11.3. The standard InChI is InChI=1S/C11H13BrO3/c1-14-9-3-4-11(15-2)10(5-9)8(6-12)7-13/h3-5,7-8H,6H2,1-2H3. The Morgan fingerprint density at radius 3 is 2.60 bits per heavy atom. The molecule has 82 valence electrons. The average Bonchev–Trinajstić information content (AvgIpc) is 2.30. The minimum Gasteiger partial charge on any atom is -0.497 e. The first-order valence-electron chi connectivity index (χ1n) is 4.50. The second-order valence-corrected chi connectivity index (χ2v) is 3.65. The summed E-state index contributed by atoms with van der Waals surface area (Å²) in [4.78, 5) is 10.9. The largest absolute Gasteiger partial charge is 0.497 e. The molecule has 1 aromatic carbocycles. The van der Waals surface area contributed by atoms with Crippen LogP contribution in [0, 0.1) is 0 Å². The Morgan fingerprint density at radius 1 is 1.40 bits per heavy atom. The van der Waals surface area contributed by atoms with Crippen molar-refractivity contribution >= 4 is 22.2 Å². The predicted molar refractivity (Wildman–Crippen MR) is 62.1 cm³/mol. The molecular weight excluding hydrogens is 260 g/mol. The highest BCUT2D eigenvalue weighted by molar-refractivity contribution is 9.09. The van der Waals surface area contributed by atoms with Crippen LogP contribution in [0.5, 0.6) is 11.5 Å². The van der Waals surface area contributed by atoms with Crippen molar-refractivity contribution in [3.63, 3.8) is 0 Å². The summed E-state index contributed by atoms with van der Waals surface area (Å²) in [5, 5.41) is 0.569. The topological polar surface area (TPSA) is 35.5 Å². The van der Waals surface area contributed by atoms with Gasteiger partial charge in [-0.3, -0.25) is 0 Å². The SMILES string of the molecule is COc1ccc(OC)c(C(C=O)CBr)c1. The molecule has 1 unspecified atom stereocenters. The molecule has 0 saturated heterocycles. The van der Waals surface area contributed by atoms with E-state index in [-0.39, 0.29) is 5.92 Å². The summed E-state index contributed by atoms with van der Waals surface area (Å²) in [7, 11) is 3.18. The Hall–Kier alpha value is -1.03. The minimum absolute atomic E-state index is 0.213. The highest BCUT2D eigenvalue weighted by Gasteiger charge is 2.15. The lowest BCUT2D eigenvalue weighted by molar-refractivity contribution is -0.108. The molecule has 0 amide bonds. The predicted octanol–water partition coefficient (Wildman–Crippen LogP) is 2.38. The van der Waals surface area contributed by atoms with E-state index in [9.17, 15) is 4.79 Å². The summed E-state index contributed by atoms with van der Waals surface area (Å²) < 4.78 is 10.3. The first-order chi connectivity index (χ1) is 7.26. The van der Waals surface area contributed by atoms with Gasteiger partial charge in [0.1, 0.15) is 17.8 Å². The monoisotopic (exact) mass is 272 g/mol. The summed E-state index contributed by atoms with van der Waals surface area (Å²) in [5.74, 6) is 1.21. The Labute approximate surface area is 97.5 Å². The van der Waals surface area contributed by atoms with Gasteiger partial charge in [0, 0.05) is 10.9 Å². The van der Waals surface area contributed by atoms with Crippen LogP contribution in [0.2, 0.25) is 0 Å². The Kier molecular flexibility index (Phi) is 4.62. The lowest BCUT2D eigenvalue weighted by atomic mass is 10.0. The van der Waals surface area contributed by atoms with Gasteiger partial charge < -0.3 is 14.3 Å². The van der Waals surface area contributed by atoms with Gasteiger partial charge in [-0.2, -0.15) is 0 Å². The van der Waals surface area contributed by atoms with Crippen molar-refractivity contribution in [2.24, 2.45) is 0 Å². The van der Waals surface area contributed by atoms with Crippen LogP contribution in [0.25, 0.3) is 0 Å². The first kappa shape index (κ1) is 12.0. The normalized spacial score (nSPS) is 11.9. The van der Waals surface area contributed by atoms with Crippen LogP contribution >= 0.6 is 15.9 Å². The van der Waals surface area contributed by atoms with Gasteiger partial charge in [0.2, 0.25) is 0 Å². The number of aldehydes is 1. The second kappa shape index (κ2) is 5.75. The number of ether oxygens (including phenoxy) is 2. The van der Waals surface area contributed by atoms with Gasteiger partial charge in [-0.1, -0.05) is 15.9 Å². The van der Waals surface area contributed by atoms with Crippen LogP contribution in [-0.2, 0) is 4.79 Å². The number of benzene rings is 1. The molecule has 0 aliphatic rings. The van der Waals surface area contributed by atoms with E-state index in [0.29, 0.717) is 11.1 Å². The van der Waals surface area contributed by atoms with Gasteiger partial charge in [0.25, 0.3) is 0 Å². The summed E-state index contributed by atoms with van der Waals surface area (Å²) in [5.41, 5.74) is 0.837. The molecule has 0 heterocycles. The molecule has 1 aromatic rings. The maximum atomic E-state index is 10.9. The first-order valence-corrected chi connectivity index (χ1v) is 5.62. The highest BCUT2D eigenvalue weighted by Crippen LogP contribution is 2.30. The zero-order valence-electron chi connectivity index (χ0n) is 8.70. The number of methoxy groups -OCH3 is 2. The van der Waals surface area contributed by atoms with Gasteiger partial charge in [-0.15, -0.1) is 0 Å². The van der Waals surface area contributed by atoms with Gasteiger partial charge in [0.05, 0.1) is 20.1 Å². The van der Waals surface area contributed by atoms with Gasteiger partial charge in [0.15, 0.2) is 0 Å². The fraction of sp³-hybridized carbons (Fsp3) is 0.364. The lowest BCUT2D eigenvalue weighted by Crippen LogP contribution is -2.04. The van der Waals surface area contributed by atoms with Crippen molar-refractivity contribution in [3.05, 3.63) is 23.8 Å². The van der Waals surface area contributed by atoms with Crippen LogP contribution in [0.4, 0.5) is 0 Å². The van der Waals surface area contributed by atoms with E-state index in [4.69, 9.17) is 9.47 Å². The van der Waals surface area contributed by atoms with Crippen molar-refractivity contribution in [1.82, 2.24) is 0 Å². The average molecular weight is 273 g/mol. The summed E-state index contributed by atoms with van der Waals surface area (Å²) in [6.07, 6.45) is 0.895. The number of halogens is 1. The molecule has 0 aliphatic carbocycles. The minimum atomic E-state index is -0.213. The van der Waals surface area contributed by atoms with Gasteiger partial charge >= 0.3 is 0 Å². The second-order valence-electron chi connectivity index (χ2n) is 3.00. The smallest absolute Gasteiger partial charge is 0.128 e. The molecule has 0 saturated carbocycles. The van der Waals surface area contributed by atoms with E-state index in [0.717, 1.165) is 17.6 Å². The van der Waals surface area contributed by atoms with Crippen LogP contribution in [0.15, 0.2) is 18.2 Å². The highest BCUT2D eigenvalue weighted by atomic mass is 79.9. The van der Waals surface area contributed by atoms with E-state index in [2.05, 4.69) is 15.9 Å². The van der Waals surface area contributed by atoms with E-state index in [1.54, 1.807) is 26.4 Å². The molecule has 0 spiro atoms. The molecule has 4 heteroatoms. The van der Waals surface area contributed by atoms with E-state index >= 15 is 0 Å². The Balaban J connectivity index is 3.15. The van der Waals surface area contributed by atoms with Crippen LogP contribution in [-0.4, -0.2) is 25.8 Å². The molecule has 0 bridgehead atoms. The van der Waals surface area contributed by atoms with Crippen molar-refractivity contribution in [1.29, 1.82) is 0 Å². The summed E-state index contributed by atoms with van der Waals surface area (Å²) >= 11 is 3.29. The Morgan fingerprint density at radius 2 is 2.13 bits per heavy atom. The van der Waals surface area contributed by atoms with E-state index in [1.165, 1.54) is 0 Å². The van der Waals surface area contributed by atoms with Crippen molar-refractivity contribution < 1.29 is 14.3 Å². The third kappa shape index (κ3) is 2.72. The molecule has 3 nitrogen and oxygen atoms in total. The third-order valence-electron chi connectivity index (χ3n) is 2.17. The maximum Gasteiger partial charge on any atom is 0.128 e. The van der Waals surface area contributed by atoms with Crippen molar-refractivity contribution in [2.45, 2.75) is 5.92 Å². The summed E-state index contributed by atoms with van der Waals surface area (Å²) in [6, 6.07) is 5.42. The molecule has 0 radical (unpaired) electrons. The quantitative estimate of drug-likeness (QED) is 0.610. The third-order valence-corrected chi connectivity index (χ3v) is 2.86. The van der Waals surface area contributed by atoms with Crippen LogP contribution in [0.1, 0.15) is 11.5 Å². The molecule has 1 rings (SSSR count). The molecule has 0 aromatic heterocycles.